The SMILES string of the molecule is Cc1cc(NC(=O)CN[C@H](c2ccc(C(C)C)cc2)c2cccs2)no1. The molecule has 3 aromatic rings. The Bertz CT molecular complexity index is 838. The van der Waals surface area contributed by atoms with Crippen molar-refractivity contribution in [3.05, 3.63) is 69.6 Å². The van der Waals surface area contributed by atoms with Crippen molar-refractivity contribution in [2.75, 3.05) is 11.9 Å². The third-order valence-electron chi connectivity index (χ3n) is 4.13. The number of nitrogens with one attached hydrogen (secondary N) is 2. The van der Waals surface area contributed by atoms with Crippen LogP contribution in [0.5, 0.6) is 0 Å². The number of rotatable bonds is 7. The van der Waals surface area contributed by atoms with Crippen molar-refractivity contribution in [3.8, 4) is 0 Å². The summed E-state index contributed by atoms with van der Waals surface area (Å²) in [5, 5.41) is 11.9. The van der Waals surface area contributed by atoms with Gasteiger partial charge in [0.1, 0.15) is 5.76 Å². The Labute approximate surface area is 157 Å². The second kappa shape index (κ2) is 8.29. The van der Waals surface area contributed by atoms with Crippen LogP contribution in [0.15, 0.2) is 52.4 Å². The number of anilines is 1. The predicted octanol–water partition coefficient (Wildman–Crippen LogP) is 4.49. The fourth-order valence-corrected chi connectivity index (χ4v) is 3.55. The van der Waals surface area contributed by atoms with Gasteiger partial charge in [-0.2, -0.15) is 0 Å². The second-order valence-electron chi connectivity index (χ2n) is 6.52. The molecule has 1 atom stereocenters. The first kappa shape index (κ1) is 18.4. The van der Waals surface area contributed by atoms with E-state index in [4.69, 9.17) is 4.52 Å². The molecule has 26 heavy (non-hydrogen) atoms. The number of aryl methyl sites for hydroxylation is 1. The van der Waals surface area contributed by atoms with E-state index in [2.05, 4.69) is 60.0 Å². The topological polar surface area (TPSA) is 67.2 Å². The lowest BCUT2D eigenvalue weighted by Gasteiger charge is -2.18. The summed E-state index contributed by atoms with van der Waals surface area (Å²) in [5.74, 6) is 1.44. The highest BCUT2D eigenvalue weighted by atomic mass is 32.1. The van der Waals surface area contributed by atoms with Crippen molar-refractivity contribution in [2.24, 2.45) is 0 Å². The zero-order chi connectivity index (χ0) is 18.5. The Kier molecular flexibility index (Phi) is 5.85. The lowest BCUT2D eigenvalue weighted by atomic mass is 9.98. The van der Waals surface area contributed by atoms with E-state index in [1.807, 2.05) is 11.4 Å². The maximum atomic E-state index is 12.2. The van der Waals surface area contributed by atoms with Crippen molar-refractivity contribution >= 4 is 23.1 Å². The smallest absolute Gasteiger partial charge is 0.239 e. The first-order valence-electron chi connectivity index (χ1n) is 8.62. The second-order valence-corrected chi connectivity index (χ2v) is 7.50. The molecule has 1 amide bonds. The van der Waals surface area contributed by atoms with Crippen LogP contribution < -0.4 is 10.6 Å². The summed E-state index contributed by atoms with van der Waals surface area (Å²) in [6.07, 6.45) is 0. The van der Waals surface area contributed by atoms with E-state index >= 15 is 0 Å². The number of benzene rings is 1. The van der Waals surface area contributed by atoms with Crippen molar-refractivity contribution in [1.29, 1.82) is 0 Å². The van der Waals surface area contributed by atoms with Crippen LogP contribution in [0.1, 0.15) is 47.6 Å². The Hall–Kier alpha value is -2.44. The van der Waals surface area contributed by atoms with Crippen LogP contribution in [0, 0.1) is 6.92 Å². The minimum atomic E-state index is -0.154. The van der Waals surface area contributed by atoms with E-state index in [9.17, 15) is 4.79 Å². The normalized spacial score (nSPS) is 12.3. The molecule has 0 saturated carbocycles. The number of amides is 1. The summed E-state index contributed by atoms with van der Waals surface area (Å²) in [6, 6.07) is 14.3. The van der Waals surface area contributed by atoms with E-state index < -0.39 is 0 Å². The lowest BCUT2D eigenvalue weighted by molar-refractivity contribution is -0.115. The molecule has 6 heteroatoms. The highest BCUT2D eigenvalue weighted by Gasteiger charge is 2.17. The summed E-state index contributed by atoms with van der Waals surface area (Å²) in [5.41, 5.74) is 2.44. The molecule has 136 valence electrons. The van der Waals surface area contributed by atoms with Gasteiger partial charge < -0.3 is 9.84 Å². The van der Waals surface area contributed by atoms with Gasteiger partial charge in [0.05, 0.1) is 12.6 Å². The van der Waals surface area contributed by atoms with E-state index in [-0.39, 0.29) is 18.5 Å². The van der Waals surface area contributed by atoms with Gasteiger partial charge in [-0.1, -0.05) is 49.3 Å². The van der Waals surface area contributed by atoms with Crippen LogP contribution >= 0.6 is 11.3 Å². The number of aromatic nitrogens is 1. The van der Waals surface area contributed by atoms with Gasteiger partial charge in [0.15, 0.2) is 5.82 Å². The van der Waals surface area contributed by atoms with E-state index in [1.54, 1.807) is 24.3 Å². The van der Waals surface area contributed by atoms with Crippen LogP contribution in [0.25, 0.3) is 0 Å². The fourth-order valence-electron chi connectivity index (χ4n) is 2.72. The average Bonchev–Trinajstić information content (AvgIpc) is 3.28. The molecule has 3 rings (SSSR count). The molecule has 1 aromatic carbocycles. The van der Waals surface area contributed by atoms with E-state index in [1.165, 1.54) is 10.4 Å². The zero-order valence-corrected chi connectivity index (χ0v) is 16.0. The quantitative estimate of drug-likeness (QED) is 0.644. The Morgan fingerprint density at radius 3 is 2.50 bits per heavy atom. The summed E-state index contributed by atoms with van der Waals surface area (Å²) in [4.78, 5) is 13.4. The summed E-state index contributed by atoms with van der Waals surface area (Å²) < 4.78 is 4.97. The number of nitrogens with zero attached hydrogens (tertiary/aromatic N) is 1. The van der Waals surface area contributed by atoms with Gasteiger partial charge in [0, 0.05) is 10.9 Å². The van der Waals surface area contributed by atoms with Crippen molar-refractivity contribution < 1.29 is 9.32 Å². The number of hydrogen-bond acceptors (Lipinski definition) is 5. The molecule has 5 nitrogen and oxygen atoms in total. The number of hydrogen-bond donors (Lipinski definition) is 2. The maximum absolute atomic E-state index is 12.2. The maximum Gasteiger partial charge on any atom is 0.239 e. The molecule has 0 spiro atoms. The van der Waals surface area contributed by atoms with Gasteiger partial charge in [-0.3, -0.25) is 10.1 Å². The standard InChI is InChI=1S/C20H23N3O2S/c1-13(2)15-6-8-16(9-7-15)20(17-5-4-10-26-17)21-12-19(24)22-18-11-14(3)25-23-18/h4-11,13,20-21H,12H2,1-3H3,(H,22,23,24)/t20-/m1/s1. The molecule has 2 aromatic heterocycles. The van der Waals surface area contributed by atoms with Gasteiger partial charge in [-0.25, -0.2) is 0 Å². The molecule has 0 aliphatic rings. The lowest BCUT2D eigenvalue weighted by Crippen LogP contribution is -2.31. The molecule has 0 bridgehead atoms. The van der Waals surface area contributed by atoms with Crippen LogP contribution in [0.3, 0.4) is 0 Å². The molecular weight excluding hydrogens is 346 g/mol. The molecule has 0 unspecified atom stereocenters. The van der Waals surface area contributed by atoms with Gasteiger partial charge in [-0.15, -0.1) is 11.3 Å². The highest BCUT2D eigenvalue weighted by Crippen LogP contribution is 2.27. The summed E-state index contributed by atoms with van der Waals surface area (Å²) in [7, 11) is 0. The summed E-state index contributed by atoms with van der Waals surface area (Å²) >= 11 is 1.67. The number of carbonyl (C=O) groups excluding carboxylic acids is 1. The molecule has 0 fully saturated rings. The monoisotopic (exact) mass is 369 g/mol. The van der Waals surface area contributed by atoms with Crippen LogP contribution in [0.4, 0.5) is 5.82 Å². The zero-order valence-electron chi connectivity index (χ0n) is 15.2. The molecule has 0 aliphatic carbocycles. The predicted molar refractivity (Wildman–Crippen MR) is 105 cm³/mol. The van der Waals surface area contributed by atoms with Crippen molar-refractivity contribution in [2.45, 2.75) is 32.7 Å². The van der Waals surface area contributed by atoms with Crippen LogP contribution in [-0.2, 0) is 4.79 Å². The van der Waals surface area contributed by atoms with Gasteiger partial charge in [0.2, 0.25) is 5.91 Å². The fraction of sp³-hybridized carbons (Fsp3) is 0.300. The molecule has 2 heterocycles. The van der Waals surface area contributed by atoms with Crippen LogP contribution in [0.2, 0.25) is 0 Å². The van der Waals surface area contributed by atoms with Crippen molar-refractivity contribution in [1.82, 2.24) is 10.5 Å². The minimum absolute atomic E-state index is 0.0268. The molecular formula is C20H23N3O2S. The Morgan fingerprint density at radius 1 is 1.19 bits per heavy atom. The summed E-state index contributed by atoms with van der Waals surface area (Å²) in [6.45, 7) is 6.33. The van der Waals surface area contributed by atoms with Gasteiger partial charge in [-0.05, 0) is 35.4 Å². The largest absolute Gasteiger partial charge is 0.360 e. The van der Waals surface area contributed by atoms with Crippen LogP contribution in [-0.4, -0.2) is 17.6 Å². The Morgan fingerprint density at radius 2 is 1.92 bits per heavy atom. The number of carbonyl (C=O) groups is 1. The highest BCUT2D eigenvalue weighted by molar-refractivity contribution is 7.10. The van der Waals surface area contributed by atoms with E-state index in [0.29, 0.717) is 17.5 Å². The molecule has 0 aliphatic heterocycles. The molecule has 0 saturated heterocycles. The van der Waals surface area contributed by atoms with Gasteiger partial charge in [0.25, 0.3) is 0 Å². The van der Waals surface area contributed by atoms with Gasteiger partial charge >= 0.3 is 0 Å². The third kappa shape index (κ3) is 4.59. The molecule has 2 N–H and O–H groups in total. The first-order valence-corrected chi connectivity index (χ1v) is 9.50. The average molecular weight is 369 g/mol. The minimum Gasteiger partial charge on any atom is -0.360 e. The Balaban J connectivity index is 1.70. The third-order valence-corrected chi connectivity index (χ3v) is 5.06. The number of thiophene rings is 1. The first-order chi connectivity index (χ1) is 12.5. The molecule has 0 radical (unpaired) electrons. The van der Waals surface area contributed by atoms with Crippen molar-refractivity contribution in [3.63, 3.8) is 0 Å². The van der Waals surface area contributed by atoms with E-state index in [0.717, 1.165) is 5.56 Å².